The van der Waals surface area contributed by atoms with Gasteiger partial charge in [-0.15, -0.1) is 12.4 Å². The van der Waals surface area contributed by atoms with E-state index in [9.17, 15) is 4.39 Å². The third kappa shape index (κ3) is 1.66. The number of benzene rings is 1. The molecular formula is C12H17ClFN. The first-order chi connectivity index (χ1) is 6.34. The SMILES string of the molecule is CC1(C)Cc2ccc(F)cc2C1(C)N.Cl. The topological polar surface area (TPSA) is 26.0 Å². The van der Waals surface area contributed by atoms with Gasteiger partial charge >= 0.3 is 0 Å². The van der Waals surface area contributed by atoms with E-state index in [4.69, 9.17) is 5.73 Å². The molecule has 0 aliphatic heterocycles. The Morgan fingerprint density at radius 2 is 1.87 bits per heavy atom. The fourth-order valence-electron chi connectivity index (χ4n) is 2.21. The van der Waals surface area contributed by atoms with Gasteiger partial charge in [0.25, 0.3) is 0 Å². The third-order valence-electron chi connectivity index (χ3n) is 3.67. The van der Waals surface area contributed by atoms with Gasteiger partial charge in [0.15, 0.2) is 0 Å². The Bertz CT molecular complexity index is 385. The highest BCUT2D eigenvalue weighted by atomic mass is 35.5. The Kier molecular flexibility index (Phi) is 2.88. The monoisotopic (exact) mass is 229 g/mol. The molecule has 3 heteroatoms. The van der Waals surface area contributed by atoms with Gasteiger partial charge < -0.3 is 5.73 Å². The molecule has 0 fully saturated rings. The van der Waals surface area contributed by atoms with E-state index in [1.807, 2.05) is 13.0 Å². The average molecular weight is 230 g/mol. The minimum atomic E-state index is -0.426. The molecule has 0 bridgehead atoms. The molecule has 1 aliphatic carbocycles. The number of hydrogen-bond donors (Lipinski definition) is 1. The first kappa shape index (κ1) is 12.5. The summed E-state index contributed by atoms with van der Waals surface area (Å²) < 4.78 is 13.1. The summed E-state index contributed by atoms with van der Waals surface area (Å²) in [6, 6.07) is 4.94. The summed E-state index contributed by atoms with van der Waals surface area (Å²) in [6.45, 7) is 6.24. The van der Waals surface area contributed by atoms with E-state index in [1.54, 1.807) is 6.07 Å². The Balaban J connectivity index is 0.00000112. The van der Waals surface area contributed by atoms with Crippen molar-refractivity contribution in [2.24, 2.45) is 11.1 Å². The van der Waals surface area contributed by atoms with E-state index in [0.717, 1.165) is 12.0 Å². The number of nitrogens with two attached hydrogens (primary N) is 1. The molecule has 0 saturated carbocycles. The highest BCUT2D eigenvalue weighted by molar-refractivity contribution is 5.85. The van der Waals surface area contributed by atoms with Crippen LogP contribution in [-0.4, -0.2) is 0 Å². The van der Waals surface area contributed by atoms with Crippen LogP contribution in [0.25, 0.3) is 0 Å². The molecule has 2 rings (SSSR count). The van der Waals surface area contributed by atoms with E-state index >= 15 is 0 Å². The summed E-state index contributed by atoms with van der Waals surface area (Å²) in [6.07, 6.45) is 0.926. The van der Waals surface area contributed by atoms with Crippen molar-refractivity contribution >= 4 is 12.4 Å². The lowest BCUT2D eigenvalue weighted by Crippen LogP contribution is -2.43. The van der Waals surface area contributed by atoms with Gasteiger partial charge in [-0.05, 0) is 42.0 Å². The lowest BCUT2D eigenvalue weighted by molar-refractivity contribution is 0.211. The van der Waals surface area contributed by atoms with E-state index in [0.29, 0.717) is 0 Å². The maximum atomic E-state index is 13.1. The molecule has 1 atom stereocenters. The zero-order chi connectivity index (χ0) is 10.6. The molecule has 0 aromatic heterocycles. The number of fused-ring (bicyclic) bond motifs is 1. The molecule has 0 amide bonds. The van der Waals surface area contributed by atoms with Gasteiger partial charge in [0.1, 0.15) is 5.82 Å². The summed E-state index contributed by atoms with van der Waals surface area (Å²) in [5.41, 5.74) is 7.99. The average Bonchev–Trinajstić information content (AvgIpc) is 2.22. The van der Waals surface area contributed by atoms with Gasteiger partial charge in [0, 0.05) is 5.54 Å². The van der Waals surface area contributed by atoms with Crippen LogP contribution in [0.2, 0.25) is 0 Å². The number of hydrogen-bond acceptors (Lipinski definition) is 1. The lowest BCUT2D eigenvalue weighted by atomic mass is 9.75. The van der Waals surface area contributed by atoms with Crippen molar-refractivity contribution in [3.8, 4) is 0 Å². The third-order valence-corrected chi connectivity index (χ3v) is 3.67. The molecule has 1 nitrogen and oxygen atoms in total. The largest absolute Gasteiger partial charge is 0.321 e. The van der Waals surface area contributed by atoms with Crippen LogP contribution in [0, 0.1) is 11.2 Å². The molecule has 1 aromatic carbocycles. The minimum absolute atomic E-state index is 0. The first-order valence-electron chi connectivity index (χ1n) is 4.92. The van der Waals surface area contributed by atoms with Crippen LogP contribution >= 0.6 is 12.4 Å². The van der Waals surface area contributed by atoms with E-state index < -0.39 is 5.54 Å². The zero-order valence-corrected chi connectivity index (χ0v) is 10.1. The number of rotatable bonds is 0. The predicted octanol–water partition coefficient (Wildman–Crippen LogP) is 3.00. The summed E-state index contributed by atoms with van der Waals surface area (Å²) >= 11 is 0. The van der Waals surface area contributed by atoms with E-state index in [1.165, 1.54) is 11.6 Å². The Morgan fingerprint density at radius 1 is 1.27 bits per heavy atom. The molecule has 2 N–H and O–H groups in total. The molecule has 0 saturated heterocycles. The molecular weight excluding hydrogens is 213 g/mol. The van der Waals surface area contributed by atoms with Gasteiger partial charge in [-0.25, -0.2) is 4.39 Å². The zero-order valence-electron chi connectivity index (χ0n) is 9.30. The van der Waals surface area contributed by atoms with E-state index in [2.05, 4.69) is 13.8 Å². The molecule has 1 aliphatic rings. The van der Waals surface area contributed by atoms with Crippen molar-refractivity contribution in [3.63, 3.8) is 0 Å². The smallest absolute Gasteiger partial charge is 0.123 e. The Hall–Kier alpha value is -0.600. The second-order valence-corrected chi connectivity index (χ2v) is 5.06. The number of halogens is 2. The Morgan fingerprint density at radius 3 is 2.47 bits per heavy atom. The lowest BCUT2D eigenvalue weighted by Gasteiger charge is -2.35. The van der Waals surface area contributed by atoms with Crippen LogP contribution in [0.1, 0.15) is 31.9 Å². The Labute approximate surface area is 96.3 Å². The molecule has 0 spiro atoms. The summed E-state index contributed by atoms with van der Waals surface area (Å²) in [7, 11) is 0. The van der Waals surface area contributed by atoms with Crippen molar-refractivity contribution in [2.45, 2.75) is 32.7 Å². The second kappa shape index (κ2) is 3.46. The van der Waals surface area contributed by atoms with Gasteiger partial charge in [0.2, 0.25) is 0 Å². The fraction of sp³-hybridized carbons (Fsp3) is 0.500. The molecule has 0 heterocycles. The van der Waals surface area contributed by atoms with Crippen molar-refractivity contribution in [1.29, 1.82) is 0 Å². The van der Waals surface area contributed by atoms with Crippen LogP contribution in [0.15, 0.2) is 18.2 Å². The van der Waals surface area contributed by atoms with Gasteiger partial charge in [-0.1, -0.05) is 19.9 Å². The minimum Gasteiger partial charge on any atom is -0.321 e. The van der Waals surface area contributed by atoms with Crippen LogP contribution in [0.3, 0.4) is 0 Å². The maximum Gasteiger partial charge on any atom is 0.123 e. The van der Waals surface area contributed by atoms with Crippen molar-refractivity contribution in [2.75, 3.05) is 0 Å². The summed E-state index contributed by atoms with van der Waals surface area (Å²) in [5.74, 6) is -0.196. The highest BCUT2D eigenvalue weighted by Crippen LogP contribution is 2.47. The molecule has 1 aromatic rings. The second-order valence-electron chi connectivity index (χ2n) is 5.06. The van der Waals surface area contributed by atoms with Crippen molar-refractivity contribution in [3.05, 3.63) is 35.1 Å². The van der Waals surface area contributed by atoms with Crippen molar-refractivity contribution in [1.82, 2.24) is 0 Å². The summed E-state index contributed by atoms with van der Waals surface area (Å²) in [4.78, 5) is 0. The fourth-order valence-corrected chi connectivity index (χ4v) is 2.21. The maximum absolute atomic E-state index is 13.1. The quantitative estimate of drug-likeness (QED) is 0.727. The van der Waals surface area contributed by atoms with E-state index in [-0.39, 0.29) is 23.6 Å². The molecule has 1 unspecified atom stereocenters. The predicted molar refractivity (Wildman–Crippen MR) is 62.7 cm³/mol. The van der Waals surface area contributed by atoms with Crippen LogP contribution in [0.4, 0.5) is 4.39 Å². The van der Waals surface area contributed by atoms with Gasteiger partial charge in [-0.2, -0.15) is 0 Å². The molecule has 0 radical (unpaired) electrons. The van der Waals surface area contributed by atoms with Gasteiger partial charge in [0.05, 0.1) is 0 Å². The molecule has 15 heavy (non-hydrogen) atoms. The van der Waals surface area contributed by atoms with Crippen LogP contribution in [0.5, 0.6) is 0 Å². The first-order valence-corrected chi connectivity index (χ1v) is 4.92. The summed E-state index contributed by atoms with van der Waals surface area (Å²) in [5, 5.41) is 0. The molecule has 84 valence electrons. The highest BCUT2D eigenvalue weighted by Gasteiger charge is 2.46. The van der Waals surface area contributed by atoms with Crippen LogP contribution in [-0.2, 0) is 12.0 Å². The van der Waals surface area contributed by atoms with Gasteiger partial charge in [-0.3, -0.25) is 0 Å². The standard InChI is InChI=1S/C12H16FN.ClH/c1-11(2)7-8-4-5-9(13)6-10(8)12(11,3)14;/h4-6H,7,14H2,1-3H3;1H. The van der Waals surface area contributed by atoms with Crippen LogP contribution < -0.4 is 5.73 Å². The van der Waals surface area contributed by atoms with Crippen molar-refractivity contribution < 1.29 is 4.39 Å². The normalized spacial score (nSPS) is 27.0.